The fourth-order valence-electron chi connectivity index (χ4n) is 2.82. The van der Waals surface area contributed by atoms with Gasteiger partial charge < -0.3 is 10.1 Å². The van der Waals surface area contributed by atoms with Crippen molar-refractivity contribution < 1.29 is 22.7 Å². The third-order valence-corrected chi connectivity index (χ3v) is 7.67. The van der Waals surface area contributed by atoms with Crippen molar-refractivity contribution in [3.05, 3.63) is 46.8 Å². The Morgan fingerprint density at radius 3 is 2.41 bits per heavy atom. The lowest BCUT2D eigenvalue weighted by atomic mass is 10.2. The number of carbonyl (C=O) groups is 2. The van der Waals surface area contributed by atoms with Crippen LogP contribution in [-0.4, -0.2) is 44.8 Å². The van der Waals surface area contributed by atoms with Gasteiger partial charge in [-0.15, -0.1) is 11.3 Å². The normalized spacial score (nSPS) is 14.9. The molecule has 0 unspecified atom stereocenters. The third-order valence-electron chi connectivity index (χ3n) is 4.22. The molecule has 1 aliphatic rings. The van der Waals surface area contributed by atoms with Crippen LogP contribution in [0.5, 0.6) is 0 Å². The predicted octanol–water partition coefficient (Wildman–Crippen LogP) is 2.50. The Labute approximate surface area is 162 Å². The zero-order valence-electron chi connectivity index (χ0n) is 14.8. The van der Waals surface area contributed by atoms with E-state index in [1.807, 2.05) is 0 Å². The Hall–Kier alpha value is -2.23. The Balaban J connectivity index is 1.62. The summed E-state index contributed by atoms with van der Waals surface area (Å²) in [6, 6.07) is 9.59. The Morgan fingerprint density at radius 1 is 1.11 bits per heavy atom. The molecule has 0 radical (unpaired) electrons. The molecule has 1 aromatic heterocycles. The van der Waals surface area contributed by atoms with Crippen LogP contribution in [0.2, 0.25) is 0 Å². The number of hydrogen-bond donors (Lipinski definition) is 1. The minimum Gasteiger partial charge on any atom is -0.465 e. The summed E-state index contributed by atoms with van der Waals surface area (Å²) < 4.78 is 31.5. The molecule has 3 rings (SSSR count). The van der Waals surface area contributed by atoms with Crippen molar-refractivity contribution in [3.63, 3.8) is 0 Å². The van der Waals surface area contributed by atoms with E-state index in [-0.39, 0.29) is 16.5 Å². The molecule has 2 aromatic rings. The van der Waals surface area contributed by atoms with Crippen LogP contribution < -0.4 is 5.32 Å². The lowest BCUT2D eigenvalue weighted by Crippen LogP contribution is -2.27. The van der Waals surface area contributed by atoms with Crippen LogP contribution in [0.3, 0.4) is 0 Å². The number of nitrogens with one attached hydrogen (secondary N) is 1. The standard InChI is InChI=1S/C18H20N2O5S2/c1-25-18(22)13-4-6-14(7-5-13)19-16(21)12-15-8-9-17(26-15)27(23,24)20-10-2-3-11-20/h4-9H,2-3,10-12H2,1H3,(H,19,21). The maximum absolute atomic E-state index is 12.5. The van der Waals surface area contributed by atoms with Crippen LogP contribution in [-0.2, 0) is 26.0 Å². The highest BCUT2D eigenvalue weighted by Gasteiger charge is 2.28. The maximum atomic E-state index is 12.5. The second-order valence-electron chi connectivity index (χ2n) is 6.13. The summed E-state index contributed by atoms with van der Waals surface area (Å²) in [4.78, 5) is 24.3. The number of benzene rings is 1. The molecule has 1 fully saturated rings. The van der Waals surface area contributed by atoms with E-state index in [0.29, 0.717) is 29.2 Å². The van der Waals surface area contributed by atoms with Gasteiger partial charge in [0.25, 0.3) is 10.0 Å². The number of hydrogen-bond acceptors (Lipinski definition) is 6. The van der Waals surface area contributed by atoms with Gasteiger partial charge in [0.2, 0.25) is 5.91 Å². The van der Waals surface area contributed by atoms with Gasteiger partial charge in [-0.3, -0.25) is 4.79 Å². The molecule has 1 aromatic carbocycles. The molecule has 2 heterocycles. The van der Waals surface area contributed by atoms with E-state index in [4.69, 9.17) is 0 Å². The van der Waals surface area contributed by atoms with Crippen molar-refractivity contribution in [1.29, 1.82) is 0 Å². The number of nitrogens with zero attached hydrogens (tertiary/aromatic N) is 1. The highest BCUT2D eigenvalue weighted by atomic mass is 32.2. The Kier molecular flexibility index (Phi) is 5.93. The van der Waals surface area contributed by atoms with Crippen molar-refractivity contribution >= 4 is 38.9 Å². The number of ether oxygens (including phenoxy) is 1. The number of methoxy groups -OCH3 is 1. The summed E-state index contributed by atoms with van der Waals surface area (Å²) in [6.07, 6.45) is 1.85. The van der Waals surface area contributed by atoms with Crippen molar-refractivity contribution in [1.82, 2.24) is 4.31 Å². The van der Waals surface area contributed by atoms with Crippen LogP contribution in [0.4, 0.5) is 5.69 Å². The molecule has 1 aliphatic heterocycles. The molecule has 9 heteroatoms. The van der Waals surface area contributed by atoms with Crippen molar-refractivity contribution in [2.45, 2.75) is 23.5 Å². The molecule has 0 atom stereocenters. The molecule has 27 heavy (non-hydrogen) atoms. The van der Waals surface area contributed by atoms with Crippen molar-refractivity contribution in [3.8, 4) is 0 Å². The Morgan fingerprint density at radius 2 is 1.78 bits per heavy atom. The summed E-state index contributed by atoms with van der Waals surface area (Å²) in [6.45, 7) is 1.11. The topological polar surface area (TPSA) is 92.8 Å². The first-order chi connectivity index (χ1) is 12.9. The quantitative estimate of drug-likeness (QED) is 0.742. The molecular weight excluding hydrogens is 388 g/mol. The third kappa shape index (κ3) is 4.55. The van der Waals surface area contributed by atoms with Crippen molar-refractivity contribution in [2.75, 3.05) is 25.5 Å². The first kappa shape index (κ1) is 19.5. The first-order valence-corrected chi connectivity index (χ1v) is 10.7. The Bertz CT molecular complexity index is 929. The van der Waals surface area contributed by atoms with E-state index in [0.717, 1.165) is 24.2 Å². The van der Waals surface area contributed by atoms with Gasteiger partial charge in [-0.2, -0.15) is 4.31 Å². The largest absolute Gasteiger partial charge is 0.465 e. The number of rotatable bonds is 6. The fourth-order valence-corrected chi connectivity index (χ4v) is 5.84. The fraction of sp³-hybridized carbons (Fsp3) is 0.333. The molecule has 0 aliphatic carbocycles. The highest BCUT2D eigenvalue weighted by molar-refractivity contribution is 7.91. The molecule has 144 valence electrons. The molecule has 0 saturated carbocycles. The lowest BCUT2D eigenvalue weighted by molar-refractivity contribution is -0.115. The van der Waals surface area contributed by atoms with Gasteiger partial charge in [0.15, 0.2) is 0 Å². The summed E-state index contributed by atoms with van der Waals surface area (Å²) in [5, 5.41) is 2.73. The number of carbonyl (C=O) groups excluding carboxylic acids is 2. The molecule has 0 spiro atoms. The van der Waals surface area contributed by atoms with E-state index < -0.39 is 16.0 Å². The zero-order valence-corrected chi connectivity index (χ0v) is 16.4. The van der Waals surface area contributed by atoms with Crippen LogP contribution in [0, 0.1) is 0 Å². The monoisotopic (exact) mass is 408 g/mol. The van der Waals surface area contributed by atoms with Crippen LogP contribution in [0.1, 0.15) is 28.1 Å². The van der Waals surface area contributed by atoms with Gasteiger partial charge in [-0.1, -0.05) is 0 Å². The van der Waals surface area contributed by atoms with Gasteiger partial charge >= 0.3 is 5.97 Å². The van der Waals surface area contributed by atoms with Gasteiger partial charge in [0.1, 0.15) is 4.21 Å². The maximum Gasteiger partial charge on any atom is 0.337 e. The summed E-state index contributed by atoms with van der Waals surface area (Å²) in [5.41, 5.74) is 0.944. The van der Waals surface area contributed by atoms with Crippen LogP contribution in [0.15, 0.2) is 40.6 Å². The molecular formula is C18H20N2O5S2. The molecule has 1 N–H and O–H groups in total. The molecule has 1 saturated heterocycles. The molecule has 0 bridgehead atoms. The van der Waals surface area contributed by atoms with Crippen molar-refractivity contribution in [2.24, 2.45) is 0 Å². The number of thiophene rings is 1. The average molecular weight is 409 g/mol. The number of anilines is 1. The SMILES string of the molecule is COC(=O)c1ccc(NC(=O)Cc2ccc(S(=O)(=O)N3CCCC3)s2)cc1. The lowest BCUT2D eigenvalue weighted by Gasteiger charge is -2.13. The van der Waals surface area contributed by atoms with E-state index in [1.54, 1.807) is 36.4 Å². The average Bonchev–Trinajstić information content (AvgIpc) is 3.34. The summed E-state index contributed by atoms with van der Waals surface area (Å²) in [5.74, 6) is -0.703. The van der Waals surface area contributed by atoms with E-state index in [2.05, 4.69) is 10.1 Å². The second-order valence-corrected chi connectivity index (χ2v) is 9.46. The number of sulfonamides is 1. The smallest absolute Gasteiger partial charge is 0.337 e. The van der Waals surface area contributed by atoms with Gasteiger partial charge in [0, 0.05) is 23.7 Å². The molecule has 7 nitrogen and oxygen atoms in total. The molecule has 1 amide bonds. The zero-order chi connectivity index (χ0) is 19.4. The van der Waals surface area contributed by atoms with Gasteiger partial charge in [-0.05, 0) is 49.2 Å². The highest BCUT2D eigenvalue weighted by Crippen LogP contribution is 2.27. The van der Waals surface area contributed by atoms with E-state index in [9.17, 15) is 18.0 Å². The second kappa shape index (κ2) is 8.20. The minimum atomic E-state index is -3.45. The van der Waals surface area contributed by atoms with Crippen LogP contribution >= 0.6 is 11.3 Å². The summed E-state index contributed by atoms with van der Waals surface area (Å²) in [7, 11) is -2.15. The first-order valence-electron chi connectivity index (χ1n) is 8.47. The number of amides is 1. The van der Waals surface area contributed by atoms with Gasteiger partial charge in [0.05, 0.1) is 19.1 Å². The number of esters is 1. The van der Waals surface area contributed by atoms with Crippen LogP contribution in [0.25, 0.3) is 0 Å². The van der Waals surface area contributed by atoms with E-state index >= 15 is 0 Å². The van der Waals surface area contributed by atoms with Gasteiger partial charge in [-0.25, -0.2) is 13.2 Å². The predicted molar refractivity (Wildman–Crippen MR) is 102 cm³/mol. The minimum absolute atomic E-state index is 0.0823. The summed E-state index contributed by atoms with van der Waals surface area (Å²) >= 11 is 1.12. The van der Waals surface area contributed by atoms with E-state index in [1.165, 1.54) is 11.4 Å².